The van der Waals surface area contributed by atoms with E-state index in [1.165, 1.54) is 21.1 Å². The molecule has 0 bridgehead atoms. The quantitative estimate of drug-likeness (QED) is 0.610. The van der Waals surface area contributed by atoms with E-state index in [1.807, 2.05) is 0 Å². The van der Waals surface area contributed by atoms with Gasteiger partial charge in [0.05, 0.1) is 6.61 Å². The van der Waals surface area contributed by atoms with Gasteiger partial charge in [0.25, 0.3) is 0 Å². The maximum absolute atomic E-state index is 5.38. The average Bonchev–Trinajstić information content (AvgIpc) is 3.00. The molecule has 2 rings (SSSR count). The summed E-state index contributed by atoms with van der Waals surface area (Å²) >= 11 is 2.36. The summed E-state index contributed by atoms with van der Waals surface area (Å²) in [5.41, 5.74) is 2.88. The van der Waals surface area contributed by atoms with E-state index in [1.54, 1.807) is 0 Å². The largest absolute Gasteiger partial charge is 0.368 e. The molecule has 0 aromatic heterocycles. The summed E-state index contributed by atoms with van der Waals surface area (Å²) in [5, 5.41) is 0. The van der Waals surface area contributed by atoms with Gasteiger partial charge >= 0.3 is 0 Å². The van der Waals surface area contributed by atoms with Gasteiger partial charge in [-0.2, -0.15) is 0 Å². The van der Waals surface area contributed by atoms with Crippen molar-refractivity contribution in [2.24, 2.45) is 0 Å². The molecule has 0 amide bonds. The second-order valence-electron chi connectivity index (χ2n) is 3.90. The topological polar surface area (TPSA) is 12.5 Å². The number of hydrogen-bond donors (Lipinski definition) is 0. The molecule has 0 N–H and O–H groups in total. The molecule has 0 spiro atoms. The number of hydrogen-bond acceptors (Lipinski definition) is 1. The Bertz CT molecular complexity index is 331. The van der Waals surface area contributed by atoms with Gasteiger partial charge in [-0.3, -0.25) is 0 Å². The smallest absolute Gasteiger partial charge is 0.106 e. The molecule has 14 heavy (non-hydrogen) atoms. The van der Waals surface area contributed by atoms with Crippen molar-refractivity contribution >= 4 is 22.6 Å². The summed E-state index contributed by atoms with van der Waals surface area (Å²) in [6, 6.07) is 6.71. The fourth-order valence-electron chi connectivity index (χ4n) is 1.72. The SMILES string of the molecule is CCC(C)c1ccc(I)cc1C1CO1. The van der Waals surface area contributed by atoms with E-state index in [-0.39, 0.29) is 0 Å². The molecule has 2 unspecified atom stereocenters. The highest BCUT2D eigenvalue weighted by atomic mass is 127. The molecule has 1 aromatic rings. The summed E-state index contributed by atoms with van der Waals surface area (Å²) < 4.78 is 6.69. The Morgan fingerprint density at radius 2 is 2.29 bits per heavy atom. The van der Waals surface area contributed by atoms with Crippen LogP contribution in [0.25, 0.3) is 0 Å². The van der Waals surface area contributed by atoms with Gasteiger partial charge in [-0.25, -0.2) is 0 Å². The molecule has 2 heteroatoms. The molecular weight excluding hydrogens is 287 g/mol. The minimum atomic E-state index is 0.383. The highest BCUT2D eigenvalue weighted by molar-refractivity contribution is 14.1. The van der Waals surface area contributed by atoms with E-state index in [0.29, 0.717) is 12.0 Å². The van der Waals surface area contributed by atoms with Crippen molar-refractivity contribution < 1.29 is 4.74 Å². The highest BCUT2D eigenvalue weighted by Crippen LogP contribution is 2.36. The summed E-state index contributed by atoms with van der Waals surface area (Å²) in [5.74, 6) is 0.645. The first kappa shape index (κ1) is 10.4. The van der Waals surface area contributed by atoms with Crippen LogP contribution in [0.1, 0.15) is 43.4 Å². The Labute approximate surface area is 99.0 Å². The molecule has 2 atom stereocenters. The molecule has 1 aliphatic rings. The lowest BCUT2D eigenvalue weighted by Gasteiger charge is -2.13. The number of halogens is 1. The molecule has 1 nitrogen and oxygen atoms in total. The van der Waals surface area contributed by atoms with Gasteiger partial charge in [0.2, 0.25) is 0 Å². The van der Waals surface area contributed by atoms with Crippen LogP contribution in [0.3, 0.4) is 0 Å². The monoisotopic (exact) mass is 302 g/mol. The molecule has 1 fully saturated rings. The van der Waals surface area contributed by atoms with E-state index >= 15 is 0 Å². The average molecular weight is 302 g/mol. The summed E-state index contributed by atoms with van der Waals surface area (Å²) in [7, 11) is 0. The Balaban J connectivity index is 2.37. The number of benzene rings is 1. The summed E-state index contributed by atoms with van der Waals surface area (Å²) in [6.45, 7) is 5.43. The molecular formula is C12H15IO. The number of epoxide rings is 1. The third-order valence-electron chi connectivity index (χ3n) is 2.87. The normalized spacial score (nSPS) is 22.1. The lowest BCUT2D eigenvalue weighted by atomic mass is 9.92. The van der Waals surface area contributed by atoms with Crippen LogP contribution >= 0.6 is 22.6 Å². The molecule has 1 aliphatic heterocycles. The molecule has 76 valence electrons. The van der Waals surface area contributed by atoms with Gasteiger partial charge < -0.3 is 4.74 Å². The van der Waals surface area contributed by atoms with Crippen LogP contribution in [0.5, 0.6) is 0 Å². The molecule has 0 aliphatic carbocycles. The minimum absolute atomic E-state index is 0.383. The van der Waals surface area contributed by atoms with Crippen molar-refractivity contribution in [3.63, 3.8) is 0 Å². The summed E-state index contributed by atoms with van der Waals surface area (Å²) in [4.78, 5) is 0. The van der Waals surface area contributed by atoms with Crippen LogP contribution in [0, 0.1) is 3.57 Å². The van der Waals surface area contributed by atoms with Crippen LogP contribution in [-0.4, -0.2) is 6.61 Å². The van der Waals surface area contributed by atoms with Crippen molar-refractivity contribution in [3.8, 4) is 0 Å². The van der Waals surface area contributed by atoms with Crippen molar-refractivity contribution in [2.75, 3.05) is 6.61 Å². The van der Waals surface area contributed by atoms with E-state index in [4.69, 9.17) is 4.74 Å². The van der Waals surface area contributed by atoms with Gasteiger partial charge in [0.1, 0.15) is 6.10 Å². The zero-order chi connectivity index (χ0) is 10.1. The third-order valence-corrected chi connectivity index (χ3v) is 3.54. The highest BCUT2D eigenvalue weighted by Gasteiger charge is 2.28. The van der Waals surface area contributed by atoms with Crippen molar-refractivity contribution in [1.82, 2.24) is 0 Å². The minimum Gasteiger partial charge on any atom is -0.368 e. The second-order valence-corrected chi connectivity index (χ2v) is 5.15. The first-order valence-electron chi connectivity index (χ1n) is 5.13. The van der Waals surface area contributed by atoms with Crippen molar-refractivity contribution in [2.45, 2.75) is 32.3 Å². The predicted octanol–water partition coefficient (Wildman–Crippen LogP) is 3.88. The Morgan fingerprint density at radius 1 is 1.57 bits per heavy atom. The van der Waals surface area contributed by atoms with Crippen LogP contribution in [-0.2, 0) is 4.74 Å². The fourth-order valence-corrected chi connectivity index (χ4v) is 2.24. The maximum Gasteiger partial charge on any atom is 0.106 e. The van der Waals surface area contributed by atoms with Gasteiger partial charge in [0.15, 0.2) is 0 Å². The van der Waals surface area contributed by atoms with Crippen LogP contribution < -0.4 is 0 Å². The second kappa shape index (κ2) is 4.19. The third kappa shape index (κ3) is 2.11. The lowest BCUT2D eigenvalue weighted by molar-refractivity contribution is 0.413. The van der Waals surface area contributed by atoms with E-state index in [2.05, 4.69) is 54.6 Å². The number of rotatable bonds is 3. The van der Waals surface area contributed by atoms with Gasteiger partial charge in [-0.15, -0.1) is 0 Å². The first-order chi connectivity index (χ1) is 6.72. The van der Waals surface area contributed by atoms with Crippen molar-refractivity contribution in [1.29, 1.82) is 0 Å². The van der Waals surface area contributed by atoms with Crippen LogP contribution in [0.2, 0.25) is 0 Å². The standard InChI is InChI=1S/C12H15IO/c1-3-8(2)10-5-4-9(13)6-11(10)12-7-14-12/h4-6,8,12H,3,7H2,1-2H3. The summed E-state index contributed by atoms with van der Waals surface area (Å²) in [6.07, 6.45) is 1.58. The molecule has 1 aromatic carbocycles. The zero-order valence-electron chi connectivity index (χ0n) is 8.59. The Hall–Kier alpha value is -0.0900. The van der Waals surface area contributed by atoms with Crippen LogP contribution in [0.15, 0.2) is 18.2 Å². The zero-order valence-corrected chi connectivity index (χ0v) is 10.7. The molecule has 0 saturated carbocycles. The van der Waals surface area contributed by atoms with Crippen LogP contribution in [0.4, 0.5) is 0 Å². The maximum atomic E-state index is 5.38. The van der Waals surface area contributed by atoms with E-state index < -0.39 is 0 Å². The first-order valence-corrected chi connectivity index (χ1v) is 6.21. The van der Waals surface area contributed by atoms with E-state index in [0.717, 1.165) is 6.61 Å². The molecule has 1 saturated heterocycles. The lowest BCUT2D eigenvalue weighted by Crippen LogP contribution is -1.98. The van der Waals surface area contributed by atoms with Gasteiger partial charge in [-0.05, 0) is 58.2 Å². The molecule has 0 radical (unpaired) electrons. The van der Waals surface area contributed by atoms with E-state index in [9.17, 15) is 0 Å². The predicted molar refractivity (Wildman–Crippen MR) is 66.6 cm³/mol. The Kier molecular flexibility index (Phi) is 3.12. The van der Waals surface area contributed by atoms with Gasteiger partial charge in [-0.1, -0.05) is 19.9 Å². The molecule has 1 heterocycles. The van der Waals surface area contributed by atoms with Crippen molar-refractivity contribution in [3.05, 3.63) is 32.9 Å². The Morgan fingerprint density at radius 3 is 2.86 bits per heavy atom. The number of ether oxygens (including phenoxy) is 1. The fraction of sp³-hybridized carbons (Fsp3) is 0.500. The van der Waals surface area contributed by atoms with Gasteiger partial charge in [0, 0.05) is 3.57 Å².